The molecule has 8 nitrogen and oxygen atoms in total. The van der Waals surface area contributed by atoms with E-state index >= 15 is 0 Å². The number of hydrogen-bond donors (Lipinski definition) is 1. The van der Waals surface area contributed by atoms with Crippen LogP contribution in [-0.4, -0.2) is 33.6 Å². The van der Waals surface area contributed by atoms with E-state index in [4.69, 9.17) is 5.11 Å². The van der Waals surface area contributed by atoms with Crippen molar-refractivity contribution in [1.82, 2.24) is 13.9 Å². The minimum atomic E-state index is -4.71. The first-order valence-electron chi connectivity index (χ1n) is 10.5. The van der Waals surface area contributed by atoms with Crippen molar-refractivity contribution < 1.29 is 36.2 Å². The molecule has 4 rings (SSSR count). The Bertz CT molecular complexity index is 1570. The van der Waals surface area contributed by atoms with Gasteiger partial charge in [-0.1, -0.05) is 32.9 Å². The zero-order valence-electron chi connectivity index (χ0n) is 19.2. The number of halogens is 3. The number of ether oxygens (including phenoxy) is 1. The summed E-state index contributed by atoms with van der Waals surface area (Å²) >= 11 is 1.02. The van der Waals surface area contributed by atoms with Crippen molar-refractivity contribution in [3.63, 3.8) is 0 Å². The summed E-state index contributed by atoms with van der Waals surface area (Å²) in [4.78, 5) is 18.4. The summed E-state index contributed by atoms with van der Waals surface area (Å²) in [5.74, 6) is -0.191. The number of alkyl halides is 3. The highest BCUT2D eigenvalue weighted by molar-refractivity contribution is 7.90. The summed E-state index contributed by atoms with van der Waals surface area (Å²) in [5.41, 5.74) is -0.829. The van der Waals surface area contributed by atoms with Crippen molar-refractivity contribution >= 4 is 38.5 Å². The minimum Gasteiger partial charge on any atom is -0.449 e. The molecule has 13 heteroatoms. The van der Waals surface area contributed by atoms with Crippen LogP contribution >= 0.6 is 11.3 Å². The van der Waals surface area contributed by atoms with Gasteiger partial charge in [0.1, 0.15) is 10.7 Å². The molecule has 3 aromatic heterocycles. The molecule has 0 saturated carbocycles. The van der Waals surface area contributed by atoms with Crippen molar-refractivity contribution in [3.8, 4) is 5.88 Å². The number of aromatic nitrogens is 3. The van der Waals surface area contributed by atoms with E-state index in [1.165, 1.54) is 23.6 Å². The fraction of sp³-hybridized carbons (Fsp3) is 0.261. The van der Waals surface area contributed by atoms with Crippen molar-refractivity contribution in [3.05, 3.63) is 69.8 Å². The van der Waals surface area contributed by atoms with Crippen LogP contribution in [0, 0.1) is 0 Å². The highest BCUT2D eigenvalue weighted by atomic mass is 32.2. The Morgan fingerprint density at radius 2 is 1.83 bits per heavy atom. The van der Waals surface area contributed by atoms with E-state index in [-0.39, 0.29) is 39.3 Å². The summed E-state index contributed by atoms with van der Waals surface area (Å²) in [6, 6.07) is 9.41. The standard InChI is InChI=1S/C23H20F3N3O5S2/c1-22(2,3)13-5-4-6-15(9-13)36(32,33)29-14(11-20-28-19(12-35-20)34-21(30)31)10-16-17(29)7-8-18(27-16)23(24,25)26/h4-10,12H,11H2,1-3H3,(H,30,31). The van der Waals surface area contributed by atoms with E-state index in [9.17, 15) is 26.4 Å². The van der Waals surface area contributed by atoms with Crippen LogP contribution < -0.4 is 4.74 Å². The zero-order valence-corrected chi connectivity index (χ0v) is 20.8. The largest absolute Gasteiger partial charge is 0.512 e. The van der Waals surface area contributed by atoms with Gasteiger partial charge in [0, 0.05) is 12.1 Å². The Kier molecular flexibility index (Phi) is 6.33. The monoisotopic (exact) mass is 539 g/mol. The van der Waals surface area contributed by atoms with Crippen LogP contribution in [0.25, 0.3) is 11.0 Å². The van der Waals surface area contributed by atoms with Crippen LogP contribution in [0.3, 0.4) is 0 Å². The van der Waals surface area contributed by atoms with Gasteiger partial charge in [-0.3, -0.25) is 0 Å². The molecule has 3 heterocycles. The SMILES string of the molecule is CC(C)(C)c1cccc(S(=O)(=O)n2c(Cc3nc(OC(=O)O)cs3)cc3nc(C(F)(F)F)ccc32)c1. The summed E-state index contributed by atoms with van der Waals surface area (Å²) in [5, 5.41) is 10.4. The number of fused-ring (bicyclic) bond motifs is 1. The number of nitrogens with zero attached hydrogens (tertiary/aromatic N) is 3. The van der Waals surface area contributed by atoms with E-state index in [0.717, 1.165) is 33.0 Å². The molecule has 0 radical (unpaired) electrons. The van der Waals surface area contributed by atoms with Crippen LogP contribution in [-0.2, 0) is 28.0 Å². The fourth-order valence-electron chi connectivity index (χ4n) is 3.58. The molecule has 0 saturated heterocycles. The summed E-state index contributed by atoms with van der Waals surface area (Å²) < 4.78 is 72.9. The van der Waals surface area contributed by atoms with Gasteiger partial charge in [0.25, 0.3) is 10.0 Å². The van der Waals surface area contributed by atoms with Crippen LogP contribution in [0.1, 0.15) is 42.7 Å². The quantitative estimate of drug-likeness (QED) is 0.324. The van der Waals surface area contributed by atoms with Crippen molar-refractivity contribution in [2.45, 2.75) is 43.7 Å². The lowest BCUT2D eigenvalue weighted by atomic mass is 9.87. The maximum absolute atomic E-state index is 13.8. The lowest BCUT2D eigenvalue weighted by molar-refractivity contribution is -0.140. The van der Waals surface area contributed by atoms with E-state index < -0.39 is 28.0 Å². The van der Waals surface area contributed by atoms with Crippen LogP contribution in [0.5, 0.6) is 5.88 Å². The van der Waals surface area contributed by atoms with Gasteiger partial charge in [0.2, 0.25) is 5.88 Å². The second kappa shape index (κ2) is 8.89. The maximum Gasteiger partial charge on any atom is 0.512 e. The van der Waals surface area contributed by atoms with E-state index in [0.29, 0.717) is 5.01 Å². The van der Waals surface area contributed by atoms with Gasteiger partial charge in [-0.2, -0.15) is 13.2 Å². The predicted octanol–water partition coefficient (Wildman–Crippen LogP) is 5.69. The van der Waals surface area contributed by atoms with Crippen molar-refractivity contribution in [1.29, 1.82) is 0 Å². The number of thiazole rings is 1. The Balaban J connectivity index is 1.90. The molecule has 0 bridgehead atoms. The number of hydrogen-bond acceptors (Lipinski definition) is 7. The molecule has 0 amide bonds. The molecular formula is C23H20F3N3O5S2. The Morgan fingerprint density at radius 1 is 1.11 bits per heavy atom. The van der Waals surface area contributed by atoms with Gasteiger partial charge in [-0.15, -0.1) is 11.3 Å². The van der Waals surface area contributed by atoms with Crippen LogP contribution in [0.4, 0.5) is 18.0 Å². The number of pyridine rings is 1. The lowest BCUT2D eigenvalue weighted by Crippen LogP contribution is -2.18. The van der Waals surface area contributed by atoms with Crippen LogP contribution in [0.15, 0.2) is 52.7 Å². The zero-order chi connectivity index (χ0) is 26.5. The van der Waals surface area contributed by atoms with E-state index in [1.807, 2.05) is 20.8 Å². The minimum absolute atomic E-state index is 0.0299. The molecule has 0 aliphatic heterocycles. The molecule has 0 fully saturated rings. The van der Waals surface area contributed by atoms with E-state index in [2.05, 4.69) is 14.7 Å². The van der Waals surface area contributed by atoms with Gasteiger partial charge in [-0.05, 0) is 41.3 Å². The first-order chi connectivity index (χ1) is 16.7. The Morgan fingerprint density at radius 3 is 2.47 bits per heavy atom. The molecule has 1 N–H and O–H groups in total. The number of carboxylic acid groups (broad SMARTS) is 1. The lowest BCUT2D eigenvalue weighted by Gasteiger charge is -2.20. The van der Waals surface area contributed by atoms with Gasteiger partial charge >= 0.3 is 12.3 Å². The number of benzene rings is 1. The average Bonchev–Trinajstić information content (AvgIpc) is 3.35. The molecule has 1 aromatic carbocycles. The summed E-state index contributed by atoms with van der Waals surface area (Å²) in [6.07, 6.45) is -6.40. The average molecular weight is 540 g/mol. The van der Waals surface area contributed by atoms with Crippen LogP contribution in [0.2, 0.25) is 0 Å². The summed E-state index contributed by atoms with van der Waals surface area (Å²) in [7, 11) is -4.27. The normalized spacial score (nSPS) is 12.7. The third-order valence-electron chi connectivity index (χ3n) is 5.27. The molecular weight excluding hydrogens is 519 g/mol. The number of rotatable bonds is 5. The first kappa shape index (κ1) is 25.6. The fourth-order valence-corrected chi connectivity index (χ4v) is 5.86. The van der Waals surface area contributed by atoms with Crippen molar-refractivity contribution in [2.75, 3.05) is 0 Å². The molecule has 0 unspecified atom stereocenters. The molecule has 0 aliphatic carbocycles. The summed E-state index contributed by atoms with van der Waals surface area (Å²) in [6.45, 7) is 5.78. The Hall–Kier alpha value is -3.45. The number of carbonyl (C=O) groups is 1. The predicted molar refractivity (Wildman–Crippen MR) is 126 cm³/mol. The second-order valence-electron chi connectivity index (χ2n) is 8.91. The van der Waals surface area contributed by atoms with Gasteiger partial charge < -0.3 is 9.84 Å². The van der Waals surface area contributed by atoms with E-state index in [1.54, 1.807) is 12.1 Å². The molecule has 190 valence electrons. The van der Waals surface area contributed by atoms with Gasteiger partial charge in [-0.25, -0.2) is 27.2 Å². The topological polar surface area (TPSA) is 111 Å². The van der Waals surface area contributed by atoms with Gasteiger partial charge in [0.05, 0.1) is 21.3 Å². The Labute approximate surface area is 208 Å². The second-order valence-corrected chi connectivity index (χ2v) is 11.6. The molecule has 4 aromatic rings. The van der Waals surface area contributed by atoms with Crippen molar-refractivity contribution in [2.24, 2.45) is 0 Å². The first-order valence-corrected chi connectivity index (χ1v) is 12.8. The molecule has 0 spiro atoms. The highest BCUT2D eigenvalue weighted by Crippen LogP contribution is 2.33. The molecule has 0 atom stereocenters. The maximum atomic E-state index is 13.8. The molecule has 0 aliphatic rings. The highest BCUT2D eigenvalue weighted by Gasteiger charge is 2.34. The smallest absolute Gasteiger partial charge is 0.449 e. The molecule has 36 heavy (non-hydrogen) atoms. The third kappa shape index (κ3) is 5.07. The van der Waals surface area contributed by atoms with Gasteiger partial charge in [0.15, 0.2) is 0 Å². The third-order valence-corrected chi connectivity index (χ3v) is 7.86.